The maximum absolute atomic E-state index is 6.05. The van der Waals surface area contributed by atoms with Gasteiger partial charge in [-0.1, -0.05) is 0 Å². The summed E-state index contributed by atoms with van der Waals surface area (Å²) in [4.78, 5) is 10.8. The predicted octanol–water partition coefficient (Wildman–Crippen LogP) is 2.19. The third kappa shape index (κ3) is 3.26. The van der Waals surface area contributed by atoms with Crippen LogP contribution < -0.4 is 14.4 Å². The lowest BCUT2D eigenvalue weighted by Crippen LogP contribution is -2.39. The number of aromatic nitrogens is 5. The fourth-order valence-corrected chi connectivity index (χ4v) is 3.26. The van der Waals surface area contributed by atoms with Gasteiger partial charge in [0.05, 0.1) is 13.3 Å². The van der Waals surface area contributed by atoms with Crippen LogP contribution in [0.4, 0.5) is 5.82 Å². The summed E-state index contributed by atoms with van der Waals surface area (Å²) >= 11 is 0. The van der Waals surface area contributed by atoms with Crippen LogP contribution in [-0.4, -0.2) is 51.1 Å². The summed E-state index contributed by atoms with van der Waals surface area (Å²) in [5, 5.41) is 8.97. The van der Waals surface area contributed by atoms with Gasteiger partial charge in [-0.2, -0.15) is 0 Å². The van der Waals surface area contributed by atoms with Crippen LogP contribution in [0.15, 0.2) is 24.4 Å². The lowest BCUT2D eigenvalue weighted by molar-refractivity contribution is 0.169. The first-order chi connectivity index (χ1) is 12.6. The van der Waals surface area contributed by atoms with Crippen LogP contribution in [0.2, 0.25) is 0 Å². The van der Waals surface area contributed by atoms with E-state index in [1.54, 1.807) is 17.9 Å². The van der Waals surface area contributed by atoms with Gasteiger partial charge in [0.1, 0.15) is 17.7 Å². The number of anilines is 1. The summed E-state index contributed by atoms with van der Waals surface area (Å²) in [6.45, 7) is 5.72. The van der Waals surface area contributed by atoms with Gasteiger partial charge in [0, 0.05) is 32.0 Å². The predicted molar refractivity (Wildman–Crippen MR) is 96.9 cm³/mol. The molecule has 0 saturated carbocycles. The van der Waals surface area contributed by atoms with Gasteiger partial charge in [-0.05, 0) is 31.5 Å². The highest BCUT2D eigenvalue weighted by molar-refractivity contribution is 5.52. The van der Waals surface area contributed by atoms with E-state index in [0.29, 0.717) is 5.88 Å². The Morgan fingerprint density at radius 2 is 1.92 bits per heavy atom. The van der Waals surface area contributed by atoms with E-state index in [1.165, 1.54) is 0 Å². The highest BCUT2D eigenvalue weighted by atomic mass is 16.5. The lowest BCUT2D eigenvalue weighted by atomic mass is 10.1. The van der Waals surface area contributed by atoms with Crippen molar-refractivity contribution in [2.24, 2.45) is 0 Å². The Balaban J connectivity index is 1.42. The van der Waals surface area contributed by atoms with Crippen molar-refractivity contribution in [2.45, 2.75) is 32.8 Å². The average Bonchev–Trinajstić information content (AvgIpc) is 3.01. The molecule has 8 nitrogen and oxygen atoms in total. The third-order valence-electron chi connectivity index (χ3n) is 4.57. The zero-order valence-electron chi connectivity index (χ0n) is 15.2. The summed E-state index contributed by atoms with van der Waals surface area (Å²) < 4.78 is 12.7. The van der Waals surface area contributed by atoms with Gasteiger partial charge < -0.3 is 14.4 Å². The number of hydrogen-bond acceptors (Lipinski definition) is 7. The second-order valence-corrected chi connectivity index (χ2v) is 6.50. The molecule has 0 atom stereocenters. The lowest BCUT2D eigenvalue weighted by Gasteiger charge is -2.33. The van der Waals surface area contributed by atoms with Crippen LogP contribution in [0.3, 0.4) is 0 Å². The molecule has 4 rings (SSSR count). The topological polar surface area (TPSA) is 77.7 Å². The maximum Gasteiger partial charge on any atom is 0.213 e. The number of hydrogen-bond donors (Lipinski definition) is 0. The summed E-state index contributed by atoms with van der Waals surface area (Å²) in [5.41, 5.74) is 1.90. The number of ether oxygens (including phenoxy) is 2. The molecule has 0 N–H and O–H groups in total. The van der Waals surface area contributed by atoms with Gasteiger partial charge in [0.2, 0.25) is 5.88 Å². The largest absolute Gasteiger partial charge is 0.489 e. The fourth-order valence-electron chi connectivity index (χ4n) is 3.26. The molecule has 1 aliphatic rings. The Hall–Kier alpha value is -2.90. The molecule has 4 heterocycles. The Kier molecular flexibility index (Phi) is 4.32. The number of fused-ring (bicyclic) bond motifs is 1. The van der Waals surface area contributed by atoms with Crippen LogP contribution in [0, 0.1) is 13.8 Å². The number of piperidine rings is 1. The Labute approximate surface area is 151 Å². The first kappa shape index (κ1) is 16.6. The summed E-state index contributed by atoms with van der Waals surface area (Å²) in [6, 6.07) is 5.74. The summed E-state index contributed by atoms with van der Waals surface area (Å²) in [6.07, 6.45) is 3.75. The monoisotopic (exact) mass is 354 g/mol. The molecule has 0 radical (unpaired) electrons. The number of aryl methyl sites for hydroxylation is 2. The van der Waals surface area contributed by atoms with E-state index < -0.39 is 0 Å². The van der Waals surface area contributed by atoms with Crippen molar-refractivity contribution in [3.63, 3.8) is 0 Å². The molecule has 0 aliphatic carbocycles. The van der Waals surface area contributed by atoms with Crippen LogP contribution >= 0.6 is 0 Å². The molecule has 136 valence electrons. The van der Waals surface area contributed by atoms with Crippen molar-refractivity contribution < 1.29 is 9.47 Å². The smallest absolute Gasteiger partial charge is 0.213 e. The van der Waals surface area contributed by atoms with Gasteiger partial charge in [-0.3, -0.25) is 0 Å². The minimum Gasteiger partial charge on any atom is -0.489 e. The molecule has 0 amide bonds. The van der Waals surface area contributed by atoms with E-state index in [1.807, 2.05) is 25.1 Å². The van der Waals surface area contributed by atoms with E-state index in [9.17, 15) is 0 Å². The second kappa shape index (κ2) is 6.78. The average molecular weight is 354 g/mol. The second-order valence-electron chi connectivity index (χ2n) is 6.50. The van der Waals surface area contributed by atoms with Gasteiger partial charge in [-0.15, -0.1) is 14.8 Å². The molecule has 26 heavy (non-hydrogen) atoms. The minimum absolute atomic E-state index is 0.180. The van der Waals surface area contributed by atoms with Crippen molar-refractivity contribution in [3.8, 4) is 11.6 Å². The highest BCUT2D eigenvalue weighted by Crippen LogP contribution is 2.25. The van der Waals surface area contributed by atoms with E-state index in [-0.39, 0.29) is 6.10 Å². The van der Waals surface area contributed by atoms with E-state index in [4.69, 9.17) is 9.47 Å². The van der Waals surface area contributed by atoms with Crippen molar-refractivity contribution in [1.29, 1.82) is 0 Å². The molecule has 0 bridgehead atoms. The minimum atomic E-state index is 0.180. The van der Waals surface area contributed by atoms with Crippen molar-refractivity contribution in [2.75, 3.05) is 25.1 Å². The maximum atomic E-state index is 6.05. The zero-order chi connectivity index (χ0) is 18.1. The first-order valence-electron chi connectivity index (χ1n) is 8.75. The normalized spacial score (nSPS) is 15.4. The van der Waals surface area contributed by atoms with Crippen LogP contribution in [0.25, 0.3) is 5.65 Å². The molecule has 8 heteroatoms. The summed E-state index contributed by atoms with van der Waals surface area (Å²) in [5.74, 6) is 3.06. The number of pyridine rings is 1. The van der Waals surface area contributed by atoms with Crippen LogP contribution in [-0.2, 0) is 0 Å². The fraction of sp³-hybridized carbons (Fsp3) is 0.444. The molecule has 3 aromatic heterocycles. The molecule has 1 saturated heterocycles. The number of methoxy groups -OCH3 is 1. The quantitative estimate of drug-likeness (QED) is 0.711. The Morgan fingerprint density at radius 3 is 2.62 bits per heavy atom. The molecule has 3 aromatic rings. The van der Waals surface area contributed by atoms with Crippen LogP contribution in [0.1, 0.15) is 24.2 Å². The van der Waals surface area contributed by atoms with Gasteiger partial charge >= 0.3 is 0 Å². The van der Waals surface area contributed by atoms with Gasteiger partial charge in [0.25, 0.3) is 0 Å². The first-order valence-corrected chi connectivity index (χ1v) is 8.75. The molecule has 0 aromatic carbocycles. The van der Waals surface area contributed by atoms with E-state index in [2.05, 4.69) is 32.0 Å². The SMILES string of the molecule is COc1ccc(OC2CCN(c3nn4nc(C)nc4cc3C)CC2)cn1. The van der Waals surface area contributed by atoms with Crippen molar-refractivity contribution in [1.82, 2.24) is 24.8 Å². The molecule has 0 spiro atoms. The summed E-state index contributed by atoms with van der Waals surface area (Å²) in [7, 11) is 1.60. The Morgan fingerprint density at radius 1 is 1.12 bits per heavy atom. The number of nitrogens with zero attached hydrogens (tertiary/aromatic N) is 6. The standard InChI is InChI=1S/C18H22N6O2/c1-12-10-16-20-13(2)21-24(16)22-18(12)23-8-6-14(7-9-23)26-15-4-5-17(25-3)19-11-15/h4-5,10-11,14H,6-9H2,1-3H3. The van der Waals surface area contributed by atoms with E-state index in [0.717, 1.165) is 54.5 Å². The zero-order valence-corrected chi connectivity index (χ0v) is 15.2. The van der Waals surface area contributed by atoms with Crippen LogP contribution in [0.5, 0.6) is 11.6 Å². The molecule has 1 fully saturated rings. The molecule has 0 unspecified atom stereocenters. The Bertz CT molecular complexity index is 900. The number of rotatable bonds is 4. The molecular weight excluding hydrogens is 332 g/mol. The van der Waals surface area contributed by atoms with Gasteiger partial charge in [-0.25, -0.2) is 9.97 Å². The van der Waals surface area contributed by atoms with Crippen molar-refractivity contribution >= 4 is 11.5 Å². The molecule has 1 aliphatic heterocycles. The van der Waals surface area contributed by atoms with Gasteiger partial charge in [0.15, 0.2) is 11.5 Å². The molecular formula is C18H22N6O2. The van der Waals surface area contributed by atoms with E-state index >= 15 is 0 Å². The third-order valence-corrected chi connectivity index (χ3v) is 4.57. The highest BCUT2D eigenvalue weighted by Gasteiger charge is 2.23. The van der Waals surface area contributed by atoms with Crippen molar-refractivity contribution in [3.05, 3.63) is 35.8 Å².